The van der Waals surface area contributed by atoms with Gasteiger partial charge in [0.25, 0.3) is 5.91 Å². The zero-order valence-electron chi connectivity index (χ0n) is 16.1. The van der Waals surface area contributed by atoms with Crippen LogP contribution in [0.5, 0.6) is 0 Å². The van der Waals surface area contributed by atoms with Crippen molar-refractivity contribution in [2.75, 3.05) is 13.1 Å². The number of rotatable bonds is 5. The summed E-state index contributed by atoms with van der Waals surface area (Å²) < 4.78 is 5.62. The van der Waals surface area contributed by atoms with E-state index in [0.717, 1.165) is 25.2 Å². The van der Waals surface area contributed by atoms with E-state index in [0.29, 0.717) is 22.5 Å². The molecule has 6 heteroatoms. The molecule has 1 amide bonds. The highest BCUT2D eigenvalue weighted by molar-refractivity contribution is 6.31. The Morgan fingerprint density at radius 3 is 2.59 bits per heavy atom. The number of carbonyl (C=O) groups is 1. The monoisotopic (exact) mass is 410 g/mol. The summed E-state index contributed by atoms with van der Waals surface area (Å²) in [5.41, 5.74) is 2.34. The minimum atomic E-state index is -0.410. The number of fused-ring (bicyclic) bond motifs is 1. The van der Waals surface area contributed by atoms with Crippen molar-refractivity contribution in [3.05, 3.63) is 80.7 Å². The van der Waals surface area contributed by atoms with Crippen LogP contribution in [0.3, 0.4) is 0 Å². The van der Waals surface area contributed by atoms with Crippen LogP contribution in [0.15, 0.2) is 57.7 Å². The van der Waals surface area contributed by atoms with Crippen molar-refractivity contribution < 1.29 is 9.21 Å². The third-order valence-corrected chi connectivity index (χ3v) is 5.55. The zero-order chi connectivity index (χ0) is 20.2. The van der Waals surface area contributed by atoms with Crippen molar-refractivity contribution in [1.82, 2.24) is 10.2 Å². The molecule has 0 unspecified atom stereocenters. The average molecular weight is 411 g/mol. The molecule has 5 nitrogen and oxygen atoms in total. The second kappa shape index (κ2) is 8.80. The second-order valence-corrected chi connectivity index (χ2v) is 7.84. The third-order valence-electron chi connectivity index (χ3n) is 5.31. The average Bonchev–Trinajstić information content (AvgIpc) is 2.74. The van der Waals surface area contributed by atoms with E-state index in [1.807, 2.05) is 18.2 Å². The SMILES string of the molecule is O=C(NCc1ccccc1CN1CCCCC1)c1cc(=O)c2cc(Cl)ccc2o1. The molecule has 29 heavy (non-hydrogen) atoms. The number of halogens is 1. The van der Waals surface area contributed by atoms with Crippen molar-refractivity contribution in [1.29, 1.82) is 0 Å². The number of piperidine rings is 1. The first kappa shape index (κ1) is 19.7. The van der Waals surface area contributed by atoms with Crippen molar-refractivity contribution >= 4 is 28.5 Å². The van der Waals surface area contributed by atoms with Crippen LogP contribution < -0.4 is 10.7 Å². The maximum Gasteiger partial charge on any atom is 0.287 e. The number of hydrogen-bond acceptors (Lipinski definition) is 4. The van der Waals surface area contributed by atoms with Gasteiger partial charge < -0.3 is 9.73 Å². The normalized spacial score (nSPS) is 14.8. The van der Waals surface area contributed by atoms with Crippen LogP contribution in [0.2, 0.25) is 5.02 Å². The molecule has 0 aliphatic carbocycles. The molecule has 4 rings (SSSR count). The molecule has 3 aromatic rings. The highest BCUT2D eigenvalue weighted by Crippen LogP contribution is 2.19. The summed E-state index contributed by atoms with van der Waals surface area (Å²) in [6.07, 6.45) is 3.79. The second-order valence-electron chi connectivity index (χ2n) is 7.40. The van der Waals surface area contributed by atoms with E-state index in [-0.39, 0.29) is 11.2 Å². The number of carbonyl (C=O) groups excluding carboxylic acids is 1. The molecule has 0 spiro atoms. The summed E-state index contributed by atoms with van der Waals surface area (Å²) in [5.74, 6) is -0.412. The molecule has 1 N–H and O–H groups in total. The van der Waals surface area contributed by atoms with Crippen LogP contribution in [0.4, 0.5) is 0 Å². The highest BCUT2D eigenvalue weighted by Gasteiger charge is 2.15. The van der Waals surface area contributed by atoms with E-state index in [9.17, 15) is 9.59 Å². The Balaban J connectivity index is 1.48. The fourth-order valence-electron chi connectivity index (χ4n) is 3.75. The molecule has 2 aromatic carbocycles. The Kier molecular flexibility index (Phi) is 5.97. The number of likely N-dealkylation sites (tertiary alicyclic amines) is 1. The maximum absolute atomic E-state index is 12.6. The van der Waals surface area contributed by atoms with Gasteiger partial charge in [0.05, 0.1) is 5.39 Å². The van der Waals surface area contributed by atoms with Gasteiger partial charge in [-0.1, -0.05) is 42.3 Å². The number of nitrogens with zero attached hydrogens (tertiary/aromatic N) is 1. The summed E-state index contributed by atoms with van der Waals surface area (Å²) >= 11 is 5.93. The summed E-state index contributed by atoms with van der Waals surface area (Å²) in [5, 5.41) is 3.69. The van der Waals surface area contributed by atoms with E-state index >= 15 is 0 Å². The van der Waals surface area contributed by atoms with E-state index in [1.165, 1.54) is 30.9 Å². The lowest BCUT2D eigenvalue weighted by molar-refractivity contribution is 0.0923. The molecule has 150 valence electrons. The fourth-order valence-corrected chi connectivity index (χ4v) is 3.92. The maximum atomic E-state index is 12.6. The largest absolute Gasteiger partial charge is 0.451 e. The van der Waals surface area contributed by atoms with Gasteiger partial charge in [-0.25, -0.2) is 0 Å². The van der Waals surface area contributed by atoms with Gasteiger partial charge in [0.15, 0.2) is 11.2 Å². The number of benzene rings is 2. The lowest BCUT2D eigenvalue weighted by atomic mass is 10.0. The number of hydrogen-bond donors (Lipinski definition) is 1. The quantitative estimate of drug-likeness (QED) is 0.678. The fraction of sp³-hybridized carbons (Fsp3) is 0.304. The van der Waals surface area contributed by atoms with Gasteiger partial charge in [0.1, 0.15) is 5.58 Å². The first-order valence-corrected chi connectivity index (χ1v) is 10.3. The van der Waals surface area contributed by atoms with E-state index < -0.39 is 5.91 Å². The first-order chi connectivity index (χ1) is 14.1. The van der Waals surface area contributed by atoms with Crippen molar-refractivity contribution in [2.24, 2.45) is 0 Å². The smallest absolute Gasteiger partial charge is 0.287 e. The molecule has 2 heterocycles. The Morgan fingerprint density at radius 2 is 1.79 bits per heavy atom. The van der Waals surface area contributed by atoms with Crippen LogP contribution in [0, 0.1) is 0 Å². The predicted molar refractivity (Wildman–Crippen MR) is 114 cm³/mol. The molecule has 0 radical (unpaired) electrons. The summed E-state index contributed by atoms with van der Waals surface area (Å²) in [6, 6.07) is 14.1. The van der Waals surface area contributed by atoms with Crippen LogP contribution in [0.1, 0.15) is 40.9 Å². The van der Waals surface area contributed by atoms with Gasteiger partial charge in [-0.2, -0.15) is 0 Å². The lowest BCUT2D eigenvalue weighted by Gasteiger charge is -2.27. The van der Waals surface area contributed by atoms with Crippen LogP contribution in [-0.4, -0.2) is 23.9 Å². The molecule has 1 aliphatic rings. The number of amides is 1. The standard InChI is InChI=1S/C23H23ClN2O3/c24-18-8-9-21-19(12-18)20(27)13-22(29-21)23(28)25-14-16-6-2-3-7-17(16)15-26-10-4-1-5-11-26/h2-3,6-9,12-13H,1,4-5,10-11,14-15H2,(H,25,28). The Hall–Kier alpha value is -2.63. The minimum absolute atomic E-state index is 0.00154. The zero-order valence-corrected chi connectivity index (χ0v) is 16.9. The molecule has 1 aliphatic heterocycles. The van der Waals surface area contributed by atoms with E-state index in [1.54, 1.807) is 18.2 Å². The Morgan fingerprint density at radius 1 is 1.03 bits per heavy atom. The predicted octanol–water partition coefficient (Wildman–Crippen LogP) is 4.36. The van der Waals surface area contributed by atoms with Gasteiger partial charge in [-0.05, 0) is 55.3 Å². The minimum Gasteiger partial charge on any atom is -0.451 e. The van der Waals surface area contributed by atoms with Crippen molar-refractivity contribution in [3.8, 4) is 0 Å². The lowest BCUT2D eigenvalue weighted by Crippen LogP contribution is -2.30. The van der Waals surface area contributed by atoms with Crippen LogP contribution in [0.25, 0.3) is 11.0 Å². The molecule has 0 bridgehead atoms. The van der Waals surface area contributed by atoms with Gasteiger partial charge in [0, 0.05) is 24.2 Å². The Bertz CT molecular complexity index is 1090. The molecule has 1 fully saturated rings. The van der Waals surface area contributed by atoms with Crippen molar-refractivity contribution in [2.45, 2.75) is 32.4 Å². The van der Waals surface area contributed by atoms with E-state index in [2.05, 4.69) is 16.3 Å². The molecular weight excluding hydrogens is 388 g/mol. The summed E-state index contributed by atoms with van der Waals surface area (Å²) in [7, 11) is 0. The molecule has 1 aromatic heterocycles. The van der Waals surface area contributed by atoms with Gasteiger partial charge in [-0.15, -0.1) is 0 Å². The summed E-state index contributed by atoms with van der Waals surface area (Å²) in [6.45, 7) is 3.50. The first-order valence-electron chi connectivity index (χ1n) is 9.91. The van der Waals surface area contributed by atoms with Crippen LogP contribution >= 0.6 is 11.6 Å². The molecular formula is C23H23ClN2O3. The number of nitrogens with one attached hydrogen (secondary N) is 1. The molecule has 0 saturated carbocycles. The van der Waals surface area contributed by atoms with Gasteiger partial charge in [-0.3, -0.25) is 14.5 Å². The topological polar surface area (TPSA) is 62.6 Å². The Labute approximate surface area is 174 Å². The third kappa shape index (κ3) is 4.69. The summed E-state index contributed by atoms with van der Waals surface area (Å²) in [4.78, 5) is 27.4. The molecule has 0 atom stereocenters. The highest BCUT2D eigenvalue weighted by atomic mass is 35.5. The van der Waals surface area contributed by atoms with Gasteiger partial charge >= 0.3 is 0 Å². The van der Waals surface area contributed by atoms with Crippen molar-refractivity contribution in [3.63, 3.8) is 0 Å². The van der Waals surface area contributed by atoms with E-state index in [4.69, 9.17) is 16.0 Å². The molecule has 1 saturated heterocycles. The van der Waals surface area contributed by atoms with Gasteiger partial charge in [0.2, 0.25) is 0 Å². The van der Waals surface area contributed by atoms with Crippen LogP contribution in [-0.2, 0) is 13.1 Å².